The van der Waals surface area contributed by atoms with E-state index < -0.39 is 6.10 Å². The number of nitrogens with one attached hydrogen (secondary N) is 1. The van der Waals surface area contributed by atoms with E-state index >= 15 is 0 Å². The van der Waals surface area contributed by atoms with Crippen molar-refractivity contribution in [3.8, 4) is 11.5 Å². The van der Waals surface area contributed by atoms with Crippen LogP contribution in [0.15, 0.2) is 84.2 Å². The van der Waals surface area contributed by atoms with Gasteiger partial charge in [0.25, 0.3) is 5.91 Å². The zero-order valence-corrected chi connectivity index (χ0v) is 17.1. The normalized spacial score (nSPS) is 11.8. The molecule has 4 aromatic rings. The van der Waals surface area contributed by atoms with Crippen LogP contribution in [0.2, 0.25) is 0 Å². The summed E-state index contributed by atoms with van der Waals surface area (Å²) in [5.74, 6) is 1.28. The number of hydrogen-bond acceptors (Lipinski definition) is 5. The van der Waals surface area contributed by atoms with Gasteiger partial charge < -0.3 is 15.2 Å². The standard InChI is InChI=1S/C23H19NO3S2/c25-22(20-7-4-14-28-20)21-13-12-19(29-21)15-24-23(26)16-8-10-18(11-9-16)27-17-5-2-1-3-6-17/h1-14,22,25H,15H2,(H,24,26). The van der Waals surface area contributed by atoms with Crippen LogP contribution >= 0.6 is 22.7 Å². The van der Waals surface area contributed by atoms with Gasteiger partial charge in [-0.3, -0.25) is 4.79 Å². The van der Waals surface area contributed by atoms with E-state index in [-0.39, 0.29) is 5.91 Å². The number of amides is 1. The molecule has 1 atom stereocenters. The second-order valence-corrected chi connectivity index (χ2v) is 8.52. The van der Waals surface area contributed by atoms with Crippen molar-refractivity contribution >= 4 is 28.6 Å². The van der Waals surface area contributed by atoms with E-state index in [1.165, 1.54) is 22.7 Å². The molecule has 0 saturated heterocycles. The van der Waals surface area contributed by atoms with Crippen LogP contribution in [0.4, 0.5) is 0 Å². The maximum absolute atomic E-state index is 12.4. The van der Waals surface area contributed by atoms with Crippen molar-refractivity contribution in [1.82, 2.24) is 5.32 Å². The minimum absolute atomic E-state index is 0.148. The van der Waals surface area contributed by atoms with Crippen molar-refractivity contribution in [1.29, 1.82) is 0 Å². The average molecular weight is 422 g/mol. The molecule has 2 heterocycles. The first-order chi connectivity index (χ1) is 14.2. The summed E-state index contributed by atoms with van der Waals surface area (Å²) in [6, 6.07) is 24.2. The second-order valence-electron chi connectivity index (χ2n) is 6.34. The number of ether oxygens (including phenoxy) is 1. The van der Waals surface area contributed by atoms with Gasteiger partial charge in [-0.1, -0.05) is 24.3 Å². The van der Waals surface area contributed by atoms with Crippen molar-refractivity contribution < 1.29 is 14.6 Å². The molecule has 0 saturated carbocycles. The molecule has 0 aliphatic rings. The lowest BCUT2D eigenvalue weighted by Gasteiger charge is -2.07. The Bertz CT molecular complexity index is 1060. The average Bonchev–Trinajstić information content (AvgIpc) is 3.45. The van der Waals surface area contributed by atoms with Crippen LogP contribution in [0, 0.1) is 0 Å². The summed E-state index contributed by atoms with van der Waals surface area (Å²) in [6.45, 7) is 0.420. The van der Waals surface area contributed by atoms with E-state index in [0.717, 1.165) is 20.4 Å². The number of carbonyl (C=O) groups is 1. The van der Waals surface area contributed by atoms with E-state index in [0.29, 0.717) is 17.9 Å². The lowest BCUT2D eigenvalue weighted by molar-refractivity contribution is 0.0951. The fourth-order valence-electron chi connectivity index (χ4n) is 2.79. The van der Waals surface area contributed by atoms with Gasteiger partial charge in [0.2, 0.25) is 0 Å². The molecule has 1 unspecified atom stereocenters. The van der Waals surface area contributed by atoms with Gasteiger partial charge in [-0.15, -0.1) is 22.7 Å². The molecule has 4 rings (SSSR count). The Morgan fingerprint density at radius 2 is 1.66 bits per heavy atom. The first kappa shape index (κ1) is 19.4. The Morgan fingerprint density at radius 3 is 2.38 bits per heavy atom. The molecule has 0 radical (unpaired) electrons. The third-order valence-corrected chi connectivity index (χ3v) is 6.35. The Balaban J connectivity index is 1.33. The van der Waals surface area contributed by atoms with E-state index in [2.05, 4.69) is 5.32 Å². The quantitative estimate of drug-likeness (QED) is 0.408. The highest BCUT2D eigenvalue weighted by molar-refractivity contribution is 7.12. The van der Waals surface area contributed by atoms with Crippen molar-refractivity contribution in [2.45, 2.75) is 12.6 Å². The molecule has 4 nitrogen and oxygen atoms in total. The smallest absolute Gasteiger partial charge is 0.251 e. The van der Waals surface area contributed by atoms with Gasteiger partial charge in [-0.25, -0.2) is 0 Å². The number of thiophene rings is 2. The maximum Gasteiger partial charge on any atom is 0.251 e. The van der Waals surface area contributed by atoms with Crippen LogP contribution in [0.3, 0.4) is 0 Å². The van der Waals surface area contributed by atoms with Gasteiger partial charge in [0.05, 0.1) is 6.54 Å². The summed E-state index contributed by atoms with van der Waals surface area (Å²) in [5.41, 5.74) is 0.570. The van der Waals surface area contributed by atoms with Gasteiger partial charge in [0.15, 0.2) is 0 Å². The molecule has 2 aromatic heterocycles. The number of hydrogen-bond donors (Lipinski definition) is 2. The summed E-state index contributed by atoms with van der Waals surface area (Å²) >= 11 is 3.03. The molecule has 146 valence electrons. The predicted molar refractivity (Wildman–Crippen MR) is 117 cm³/mol. The first-order valence-electron chi connectivity index (χ1n) is 9.10. The van der Waals surface area contributed by atoms with E-state index in [9.17, 15) is 9.90 Å². The van der Waals surface area contributed by atoms with Crippen molar-refractivity contribution in [2.75, 3.05) is 0 Å². The van der Waals surface area contributed by atoms with E-state index in [1.807, 2.05) is 60.0 Å². The highest BCUT2D eigenvalue weighted by atomic mass is 32.1. The number of aliphatic hydroxyl groups excluding tert-OH is 1. The highest BCUT2D eigenvalue weighted by Crippen LogP contribution is 2.31. The second kappa shape index (κ2) is 9.05. The Morgan fingerprint density at radius 1 is 0.897 bits per heavy atom. The summed E-state index contributed by atoms with van der Waals surface area (Å²) in [7, 11) is 0. The summed E-state index contributed by atoms with van der Waals surface area (Å²) in [6.07, 6.45) is -0.610. The third-order valence-electron chi connectivity index (χ3n) is 4.28. The zero-order chi connectivity index (χ0) is 20.1. The molecule has 0 spiro atoms. The number of benzene rings is 2. The topological polar surface area (TPSA) is 58.6 Å². The number of carbonyl (C=O) groups excluding carboxylic acids is 1. The summed E-state index contributed by atoms with van der Waals surface area (Å²) in [4.78, 5) is 15.2. The van der Waals surface area contributed by atoms with E-state index in [4.69, 9.17) is 4.74 Å². The number of aliphatic hydroxyl groups is 1. The fourth-order valence-corrected chi connectivity index (χ4v) is 4.55. The molecule has 2 aromatic carbocycles. The minimum atomic E-state index is -0.610. The third kappa shape index (κ3) is 4.92. The van der Waals surface area contributed by atoms with Crippen molar-refractivity contribution in [3.63, 3.8) is 0 Å². The van der Waals surface area contributed by atoms with Gasteiger partial charge in [-0.05, 0) is 60.0 Å². The maximum atomic E-state index is 12.4. The fraction of sp³-hybridized carbons (Fsp3) is 0.0870. The van der Waals surface area contributed by atoms with E-state index in [1.54, 1.807) is 24.3 Å². The van der Waals surface area contributed by atoms with Gasteiger partial charge in [0, 0.05) is 20.2 Å². The Hall–Kier alpha value is -2.93. The van der Waals surface area contributed by atoms with Crippen LogP contribution in [0.5, 0.6) is 11.5 Å². The summed E-state index contributed by atoms with van der Waals surface area (Å²) < 4.78 is 5.75. The molecule has 2 N–H and O–H groups in total. The Kier molecular flexibility index (Phi) is 6.05. The van der Waals surface area contributed by atoms with Crippen LogP contribution in [-0.2, 0) is 6.54 Å². The largest absolute Gasteiger partial charge is 0.457 e. The number of rotatable bonds is 7. The van der Waals surface area contributed by atoms with Crippen LogP contribution in [0.25, 0.3) is 0 Å². The molecule has 0 aliphatic carbocycles. The van der Waals surface area contributed by atoms with Crippen LogP contribution < -0.4 is 10.1 Å². The molecule has 0 fully saturated rings. The molecule has 29 heavy (non-hydrogen) atoms. The number of para-hydroxylation sites is 1. The monoisotopic (exact) mass is 421 g/mol. The molecule has 0 aliphatic heterocycles. The summed E-state index contributed by atoms with van der Waals surface area (Å²) in [5, 5.41) is 15.3. The highest BCUT2D eigenvalue weighted by Gasteiger charge is 2.14. The molecule has 0 bridgehead atoms. The molecular weight excluding hydrogens is 402 g/mol. The predicted octanol–water partition coefficient (Wildman–Crippen LogP) is 5.61. The molecule has 1 amide bonds. The van der Waals surface area contributed by atoms with Crippen molar-refractivity contribution in [2.24, 2.45) is 0 Å². The van der Waals surface area contributed by atoms with Gasteiger partial charge in [-0.2, -0.15) is 0 Å². The van der Waals surface area contributed by atoms with Crippen molar-refractivity contribution in [3.05, 3.63) is 104 Å². The lowest BCUT2D eigenvalue weighted by atomic mass is 10.2. The zero-order valence-electron chi connectivity index (χ0n) is 15.4. The SMILES string of the molecule is O=C(NCc1ccc(C(O)c2cccs2)s1)c1ccc(Oc2ccccc2)cc1. The lowest BCUT2D eigenvalue weighted by Crippen LogP contribution is -2.22. The first-order valence-corrected chi connectivity index (χ1v) is 10.8. The van der Waals surface area contributed by atoms with Gasteiger partial charge in [0.1, 0.15) is 17.6 Å². The van der Waals surface area contributed by atoms with Gasteiger partial charge >= 0.3 is 0 Å². The minimum Gasteiger partial charge on any atom is -0.457 e. The van der Waals surface area contributed by atoms with Crippen LogP contribution in [-0.4, -0.2) is 11.0 Å². The van der Waals surface area contributed by atoms with Crippen LogP contribution in [0.1, 0.15) is 31.1 Å². The molecule has 6 heteroatoms. The molecular formula is C23H19NO3S2. The Labute approximate surface area is 177 Å².